The van der Waals surface area contributed by atoms with E-state index in [9.17, 15) is 0 Å². The predicted octanol–water partition coefficient (Wildman–Crippen LogP) is 1.94. The van der Waals surface area contributed by atoms with Crippen LogP contribution in [-0.2, 0) is 4.74 Å². The molecule has 0 spiro atoms. The Morgan fingerprint density at radius 3 is 2.40 bits per heavy atom. The van der Waals surface area contributed by atoms with Gasteiger partial charge in [0.15, 0.2) is 0 Å². The first-order chi connectivity index (χ1) is 9.52. The maximum atomic E-state index is 6.09. The fourth-order valence-electron chi connectivity index (χ4n) is 3.34. The van der Waals surface area contributed by atoms with Crippen LogP contribution in [0.3, 0.4) is 0 Å². The number of nitrogens with zero attached hydrogens (tertiary/aromatic N) is 2. The monoisotopic (exact) mass is 285 g/mol. The van der Waals surface area contributed by atoms with Crippen LogP contribution in [0.2, 0.25) is 0 Å². The Balaban J connectivity index is 2.67. The molecule has 1 aliphatic heterocycles. The minimum Gasteiger partial charge on any atom is -0.374 e. The van der Waals surface area contributed by atoms with E-state index in [-0.39, 0.29) is 5.54 Å². The normalized spacial score (nSPS) is 21.9. The summed E-state index contributed by atoms with van der Waals surface area (Å²) in [4.78, 5) is 5.06. The molecule has 0 aromatic carbocycles. The van der Waals surface area contributed by atoms with Crippen molar-refractivity contribution in [2.45, 2.75) is 65.1 Å². The van der Waals surface area contributed by atoms with Crippen molar-refractivity contribution < 1.29 is 4.74 Å². The van der Waals surface area contributed by atoms with Gasteiger partial charge in [0, 0.05) is 37.8 Å². The van der Waals surface area contributed by atoms with Gasteiger partial charge in [0.1, 0.15) is 0 Å². The third-order valence-corrected chi connectivity index (χ3v) is 5.07. The van der Waals surface area contributed by atoms with Crippen molar-refractivity contribution >= 4 is 0 Å². The summed E-state index contributed by atoms with van der Waals surface area (Å²) < 4.78 is 6.00. The Hall–Kier alpha value is -0.160. The molecule has 20 heavy (non-hydrogen) atoms. The van der Waals surface area contributed by atoms with Crippen molar-refractivity contribution in [3.8, 4) is 0 Å². The lowest BCUT2D eigenvalue weighted by atomic mass is 9.90. The Kier molecular flexibility index (Phi) is 7.45. The summed E-state index contributed by atoms with van der Waals surface area (Å²) in [7, 11) is 0. The van der Waals surface area contributed by atoms with Crippen molar-refractivity contribution in [2.24, 2.45) is 5.73 Å². The quantitative estimate of drug-likeness (QED) is 0.740. The van der Waals surface area contributed by atoms with E-state index < -0.39 is 0 Å². The molecule has 1 unspecified atom stereocenters. The number of rotatable bonds is 8. The summed E-state index contributed by atoms with van der Waals surface area (Å²) in [6, 6.07) is 0.605. The van der Waals surface area contributed by atoms with Crippen LogP contribution in [0, 0.1) is 0 Å². The average Bonchev–Trinajstić information content (AvgIpc) is 2.48. The van der Waals surface area contributed by atoms with Crippen molar-refractivity contribution in [1.82, 2.24) is 9.80 Å². The lowest BCUT2D eigenvalue weighted by Crippen LogP contribution is -2.58. The zero-order valence-corrected chi connectivity index (χ0v) is 14.2. The van der Waals surface area contributed by atoms with E-state index in [1.54, 1.807) is 0 Å². The topological polar surface area (TPSA) is 41.7 Å². The summed E-state index contributed by atoms with van der Waals surface area (Å²) in [5.41, 5.74) is 6.23. The molecule has 1 heterocycles. The molecule has 1 fully saturated rings. The molecule has 120 valence electrons. The van der Waals surface area contributed by atoms with Gasteiger partial charge in [0.2, 0.25) is 0 Å². The minimum atomic E-state index is 0.137. The van der Waals surface area contributed by atoms with E-state index in [2.05, 4.69) is 44.4 Å². The second-order valence-corrected chi connectivity index (χ2v) is 6.26. The van der Waals surface area contributed by atoms with E-state index in [1.165, 1.54) is 0 Å². The van der Waals surface area contributed by atoms with E-state index in [0.717, 1.165) is 52.2 Å². The summed E-state index contributed by atoms with van der Waals surface area (Å²) in [5, 5.41) is 0. The molecule has 0 saturated carbocycles. The summed E-state index contributed by atoms with van der Waals surface area (Å²) in [5.74, 6) is 0. The molecule has 0 aliphatic carbocycles. The third kappa shape index (κ3) is 4.17. The first-order valence-corrected chi connectivity index (χ1v) is 8.33. The number of morpholine rings is 1. The van der Waals surface area contributed by atoms with Crippen LogP contribution in [-0.4, -0.2) is 66.8 Å². The Labute approximate surface area is 125 Å². The lowest BCUT2D eigenvalue weighted by Gasteiger charge is -2.45. The van der Waals surface area contributed by atoms with Gasteiger partial charge in [-0.2, -0.15) is 0 Å². The standard InChI is InChI=1S/C16H35N3O/c1-6-16(7-2,13-17)19(8-3)12-15-11-18(14(4)5)9-10-20-15/h14-15H,6-13,17H2,1-5H3. The molecule has 0 amide bonds. The van der Waals surface area contributed by atoms with Gasteiger partial charge < -0.3 is 10.5 Å². The zero-order chi connectivity index (χ0) is 15.2. The van der Waals surface area contributed by atoms with Crippen LogP contribution in [0.5, 0.6) is 0 Å². The Bertz CT molecular complexity index is 258. The smallest absolute Gasteiger partial charge is 0.0829 e. The first kappa shape index (κ1) is 17.9. The molecule has 1 saturated heterocycles. The predicted molar refractivity (Wildman–Crippen MR) is 86.1 cm³/mol. The van der Waals surface area contributed by atoms with E-state index in [0.29, 0.717) is 12.1 Å². The highest BCUT2D eigenvalue weighted by atomic mass is 16.5. The Morgan fingerprint density at radius 2 is 1.95 bits per heavy atom. The van der Waals surface area contributed by atoms with Crippen LogP contribution in [0.25, 0.3) is 0 Å². The van der Waals surface area contributed by atoms with Crippen LogP contribution >= 0.6 is 0 Å². The number of ether oxygens (including phenoxy) is 1. The van der Waals surface area contributed by atoms with Crippen LogP contribution in [0.4, 0.5) is 0 Å². The lowest BCUT2D eigenvalue weighted by molar-refractivity contribution is -0.0669. The fourth-order valence-corrected chi connectivity index (χ4v) is 3.34. The van der Waals surface area contributed by atoms with Crippen molar-refractivity contribution in [3.05, 3.63) is 0 Å². The van der Waals surface area contributed by atoms with E-state index >= 15 is 0 Å². The molecule has 4 nitrogen and oxygen atoms in total. The molecule has 0 aromatic rings. The van der Waals surface area contributed by atoms with Gasteiger partial charge in [0.05, 0.1) is 12.7 Å². The highest BCUT2D eigenvalue weighted by molar-refractivity contribution is 4.91. The first-order valence-electron chi connectivity index (χ1n) is 8.33. The number of hydrogen-bond acceptors (Lipinski definition) is 4. The van der Waals surface area contributed by atoms with Gasteiger partial charge in [-0.15, -0.1) is 0 Å². The zero-order valence-electron chi connectivity index (χ0n) is 14.2. The second kappa shape index (κ2) is 8.32. The van der Waals surface area contributed by atoms with Crippen molar-refractivity contribution in [3.63, 3.8) is 0 Å². The SMILES string of the molecule is CCN(CC1CN(C(C)C)CCO1)C(CC)(CC)CN. The maximum absolute atomic E-state index is 6.09. The molecule has 1 atom stereocenters. The van der Waals surface area contributed by atoms with Crippen LogP contribution in [0.15, 0.2) is 0 Å². The number of nitrogens with two attached hydrogens (primary N) is 1. The van der Waals surface area contributed by atoms with Crippen LogP contribution < -0.4 is 5.73 Å². The second-order valence-electron chi connectivity index (χ2n) is 6.26. The van der Waals surface area contributed by atoms with Gasteiger partial charge in [-0.1, -0.05) is 20.8 Å². The summed E-state index contributed by atoms with van der Waals surface area (Å²) in [6.45, 7) is 17.0. The molecular formula is C16H35N3O. The molecular weight excluding hydrogens is 250 g/mol. The van der Waals surface area contributed by atoms with Gasteiger partial charge in [-0.05, 0) is 33.2 Å². The van der Waals surface area contributed by atoms with Crippen molar-refractivity contribution in [2.75, 3.05) is 39.3 Å². The highest BCUT2D eigenvalue weighted by Gasteiger charge is 2.34. The average molecular weight is 285 g/mol. The largest absolute Gasteiger partial charge is 0.374 e. The van der Waals surface area contributed by atoms with E-state index in [1.807, 2.05) is 0 Å². The maximum Gasteiger partial charge on any atom is 0.0829 e. The minimum absolute atomic E-state index is 0.137. The molecule has 0 aromatic heterocycles. The molecule has 0 bridgehead atoms. The fraction of sp³-hybridized carbons (Fsp3) is 1.00. The molecule has 4 heteroatoms. The summed E-state index contributed by atoms with van der Waals surface area (Å²) >= 11 is 0. The van der Waals surface area contributed by atoms with Crippen molar-refractivity contribution in [1.29, 1.82) is 0 Å². The van der Waals surface area contributed by atoms with Gasteiger partial charge in [0.25, 0.3) is 0 Å². The van der Waals surface area contributed by atoms with Gasteiger partial charge in [-0.3, -0.25) is 9.80 Å². The summed E-state index contributed by atoms with van der Waals surface area (Å²) in [6.07, 6.45) is 2.53. The third-order valence-electron chi connectivity index (χ3n) is 5.07. The Morgan fingerprint density at radius 1 is 1.30 bits per heavy atom. The van der Waals surface area contributed by atoms with Crippen LogP contribution in [0.1, 0.15) is 47.5 Å². The molecule has 1 rings (SSSR count). The molecule has 1 aliphatic rings. The molecule has 2 N–H and O–H groups in total. The van der Waals surface area contributed by atoms with E-state index in [4.69, 9.17) is 10.5 Å². The number of likely N-dealkylation sites (N-methyl/N-ethyl adjacent to an activating group) is 1. The molecule has 0 radical (unpaired) electrons. The number of hydrogen-bond donors (Lipinski definition) is 1. The highest BCUT2D eigenvalue weighted by Crippen LogP contribution is 2.24. The van der Waals surface area contributed by atoms with Gasteiger partial charge in [-0.25, -0.2) is 0 Å². The van der Waals surface area contributed by atoms with Gasteiger partial charge >= 0.3 is 0 Å².